The van der Waals surface area contributed by atoms with Gasteiger partial charge in [0, 0.05) is 11.6 Å². The van der Waals surface area contributed by atoms with Gasteiger partial charge in [-0.3, -0.25) is 5.84 Å². The third-order valence-corrected chi connectivity index (χ3v) is 1.15. The number of nitrogens with one attached hydrogen (secondary N) is 1. The van der Waals surface area contributed by atoms with Crippen LogP contribution in [0.25, 0.3) is 0 Å². The second-order valence-corrected chi connectivity index (χ2v) is 2.00. The Morgan fingerprint density at radius 1 is 1.75 bits per heavy atom. The minimum Gasteiger partial charge on any atom is -0.329 e. The van der Waals surface area contributed by atoms with Crippen molar-refractivity contribution in [3.8, 4) is 0 Å². The zero-order valence-electron chi connectivity index (χ0n) is 4.72. The lowest BCUT2D eigenvalue weighted by Gasteiger charge is -2.00. The van der Waals surface area contributed by atoms with Gasteiger partial charge in [-0.25, -0.2) is 0 Å². The molecule has 8 heavy (non-hydrogen) atoms. The summed E-state index contributed by atoms with van der Waals surface area (Å²) in [5.41, 5.74) is 3.40. The van der Waals surface area contributed by atoms with E-state index in [1.165, 1.54) is 0 Å². The summed E-state index contributed by atoms with van der Waals surface area (Å²) in [6, 6.07) is 0. The molecule has 3 N–H and O–H groups in total. The van der Waals surface area contributed by atoms with Gasteiger partial charge in [-0.05, 0) is 6.42 Å². The van der Waals surface area contributed by atoms with Crippen LogP contribution in [-0.2, 0) is 0 Å². The summed E-state index contributed by atoms with van der Waals surface area (Å²) in [6.07, 6.45) is 5.21. The molecule has 1 rings (SSSR count). The van der Waals surface area contributed by atoms with E-state index in [-0.39, 0.29) is 0 Å². The summed E-state index contributed by atoms with van der Waals surface area (Å²) in [6.45, 7) is 3.68. The van der Waals surface area contributed by atoms with E-state index >= 15 is 0 Å². The van der Waals surface area contributed by atoms with Crippen LogP contribution in [0.3, 0.4) is 0 Å². The molecule has 0 radical (unpaired) electrons. The number of nitrogens with two attached hydrogens (primary N) is 1. The van der Waals surface area contributed by atoms with Crippen LogP contribution in [0.2, 0.25) is 0 Å². The third kappa shape index (κ3) is 1.39. The Morgan fingerprint density at radius 2 is 2.38 bits per heavy atom. The second-order valence-electron chi connectivity index (χ2n) is 2.00. The fourth-order valence-corrected chi connectivity index (χ4v) is 0.558. The van der Waals surface area contributed by atoms with Gasteiger partial charge in [0.15, 0.2) is 0 Å². The van der Waals surface area contributed by atoms with Crippen molar-refractivity contribution in [2.45, 2.75) is 6.42 Å². The molecule has 2 nitrogen and oxygen atoms in total. The molecular weight excluding hydrogens is 100 g/mol. The second kappa shape index (κ2) is 2.01. The van der Waals surface area contributed by atoms with E-state index in [1.54, 1.807) is 0 Å². The van der Waals surface area contributed by atoms with Crippen LogP contribution >= 0.6 is 0 Å². The lowest BCUT2D eigenvalue weighted by atomic mass is 10.2. The molecule has 0 aromatic rings. The molecule has 0 amide bonds. The molecule has 0 heterocycles. The van der Waals surface area contributed by atoms with Gasteiger partial charge >= 0.3 is 0 Å². The van der Waals surface area contributed by atoms with E-state index in [4.69, 9.17) is 5.84 Å². The van der Waals surface area contributed by atoms with Crippen molar-refractivity contribution in [3.63, 3.8) is 0 Å². The Balaban J connectivity index is 2.08. The van der Waals surface area contributed by atoms with Gasteiger partial charge < -0.3 is 5.43 Å². The zero-order chi connectivity index (χ0) is 5.98. The quantitative estimate of drug-likeness (QED) is 0.316. The summed E-state index contributed by atoms with van der Waals surface area (Å²) in [5, 5.41) is 0. The van der Waals surface area contributed by atoms with Crippen LogP contribution in [0.5, 0.6) is 0 Å². The van der Waals surface area contributed by atoms with E-state index in [1.807, 2.05) is 0 Å². The van der Waals surface area contributed by atoms with Crippen molar-refractivity contribution in [1.29, 1.82) is 0 Å². The first-order valence-electron chi connectivity index (χ1n) is 2.65. The molecule has 0 aliphatic heterocycles. The molecule has 0 unspecified atom stereocenters. The van der Waals surface area contributed by atoms with Gasteiger partial charge in [0.2, 0.25) is 0 Å². The third-order valence-electron chi connectivity index (χ3n) is 1.15. The molecule has 44 valence electrons. The van der Waals surface area contributed by atoms with Crippen LogP contribution in [0, 0.1) is 5.92 Å². The van der Waals surface area contributed by atoms with Crippen molar-refractivity contribution in [1.82, 2.24) is 5.43 Å². The fraction of sp³-hybridized carbons (Fsp3) is 0.333. The van der Waals surface area contributed by atoms with E-state index in [0.717, 1.165) is 12.1 Å². The molecule has 1 aliphatic rings. The smallest absolute Gasteiger partial charge is 0.0196 e. The van der Waals surface area contributed by atoms with Crippen LogP contribution in [0.4, 0.5) is 0 Å². The summed E-state index contributed by atoms with van der Waals surface area (Å²) in [4.78, 5) is 0. The molecule has 0 spiro atoms. The highest BCUT2D eigenvalue weighted by molar-refractivity contribution is 5.17. The van der Waals surface area contributed by atoms with Crippen molar-refractivity contribution in [3.05, 3.63) is 24.4 Å². The summed E-state index contributed by atoms with van der Waals surface area (Å²) >= 11 is 0. The van der Waals surface area contributed by atoms with Crippen molar-refractivity contribution in [2.75, 3.05) is 0 Å². The topological polar surface area (TPSA) is 38.0 Å². The average Bonchev–Trinajstić information content (AvgIpc) is 2.50. The normalized spacial score (nSPS) is 16.1. The number of hydrazine groups is 1. The highest BCUT2D eigenvalue weighted by atomic mass is 15.2. The van der Waals surface area contributed by atoms with E-state index in [2.05, 4.69) is 24.2 Å². The first kappa shape index (κ1) is 5.38. The van der Waals surface area contributed by atoms with Crippen molar-refractivity contribution in [2.24, 2.45) is 11.8 Å². The predicted octanol–water partition coefficient (Wildman–Crippen LogP) is 0.540. The summed E-state index contributed by atoms with van der Waals surface area (Å²) < 4.78 is 0. The number of allylic oxidation sites excluding steroid dienone is 3. The van der Waals surface area contributed by atoms with E-state index in [0.29, 0.717) is 5.92 Å². The molecule has 2 heteroatoms. The maximum atomic E-state index is 5.07. The minimum atomic E-state index is 0.638. The van der Waals surface area contributed by atoms with Gasteiger partial charge in [-0.1, -0.05) is 18.7 Å². The molecule has 0 aromatic carbocycles. The summed E-state index contributed by atoms with van der Waals surface area (Å²) in [7, 11) is 0. The SMILES string of the molecule is C=C(CC1C=C1)NN. The molecule has 0 bridgehead atoms. The van der Waals surface area contributed by atoms with Crippen LogP contribution < -0.4 is 11.3 Å². The van der Waals surface area contributed by atoms with Crippen LogP contribution in [0.15, 0.2) is 24.4 Å². The summed E-state index contributed by atoms with van der Waals surface area (Å²) in [5.74, 6) is 5.71. The largest absolute Gasteiger partial charge is 0.329 e. The number of hydrogen-bond donors (Lipinski definition) is 2. The van der Waals surface area contributed by atoms with Gasteiger partial charge in [0.25, 0.3) is 0 Å². The first-order chi connectivity index (χ1) is 3.83. The highest BCUT2D eigenvalue weighted by Crippen LogP contribution is 2.21. The lowest BCUT2D eigenvalue weighted by Crippen LogP contribution is -2.20. The van der Waals surface area contributed by atoms with Gasteiger partial charge in [-0.15, -0.1) is 0 Å². The minimum absolute atomic E-state index is 0.638. The van der Waals surface area contributed by atoms with Crippen molar-refractivity contribution < 1.29 is 0 Å². The van der Waals surface area contributed by atoms with Crippen LogP contribution in [0.1, 0.15) is 6.42 Å². The monoisotopic (exact) mass is 110 g/mol. The Bertz CT molecular complexity index is 120. The molecular formula is C6H10N2. The Kier molecular flexibility index (Phi) is 1.35. The Labute approximate surface area is 49.0 Å². The van der Waals surface area contributed by atoms with Gasteiger partial charge in [-0.2, -0.15) is 0 Å². The molecule has 0 fully saturated rings. The maximum absolute atomic E-state index is 5.07. The Hall–Kier alpha value is -0.760. The van der Waals surface area contributed by atoms with Gasteiger partial charge in [0.1, 0.15) is 0 Å². The first-order valence-corrected chi connectivity index (χ1v) is 2.65. The molecule has 0 saturated carbocycles. The number of hydrogen-bond acceptors (Lipinski definition) is 2. The predicted molar refractivity (Wildman–Crippen MR) is 33.7 cm³/mol. The Morgan fingerprint density at radius 3 is 2.75 bits per heavy atom. The lowest BCUT2D eigenvalue weighted by molar-refractivity contribution is 0.765. The van der Waals surface area contributed by atoms with Crippen molar-refractivity contribution >= 4 is 0 Å². The molecule has 1 aliphatic carbocycles. The molecule has 0 saturated heterocycles. The maximum Gasteiger partial charge on any atom is 0.0196 e. The zero-order valence-corrected chi connectivity index (χ0v) is 4.72. The van der Waals surface area contributed by atoms with Gasteiger partial charge in [0.05, 0.1) is 0 Å². The highest BCUT2D eigenvalue weighted by Gasteiger charge is 2.10. The molecule has 0 aromatic heterocycles. The van der Waals surface area contributed by atoms with E-state index in [9.17, 15) is 0 Å². The van der Waals surface area contributed by atoms with E-state index < -0.39 is 0 Å². The fourth-order valence-electron chi connectivity index (χ4n) is 0.558. The number of rotatable bonds is 3. The standard InChI is InChI=1S/C6H10N2/c1-5(8-7)4-6-2-3-6/h2-3,6,8H,1,4,7H2. The average molecular weight is 110 g/mol. The molecule has 0 atom stereocenters. The van der Waals surface area contributed by atoms with Crippen LogP contribution in [-0.4, -0.2) is 0 Å².